The van der Waals surface area contributed by atoms with Crippen LogP contribution in [-0.2, 0) is 27.3 Å². The number of fused-ring (bicyclic) bond motifs is 11. The highest BCUT2D eigenvalue weighted by Crippen LogP contribution is 2.66. The Bertz CT molecular complexity index is 2410. The number of para-hydroxylation sites is 4. The SMILES string of the molecule is CC(C)(C)c1ccc2c(c1)-c1cc(C(C)(C)C)ccc1N1c3ccccc3Oc3ccc(C(C)(C)C)cc3C13c1cc(C(C)(C)C)ccc1Oc1ccccc1N23. The van der Waals surface area contributed by atoms with Gasteiger partial charge in [-0.25, -0.2) is 0 Å². The fourth-order valence-electron chi connectivity index (χ4n) is 8.92. The number of nitrogens with zero attached hydrogens (tertiary/aromatic N) is 2. The molecule has 3 aliphatic heterocycles. The maximum Gasteiger partial charge on any atom is 0.182 e. The van der Waals surface area contributed by atoms with Crippen LogP contribution in [0.15, 0.2) is 121 Å². The van der Waals surface area contributed by atoms with Gasteiger partial charge in [-0.15, -0.1) is 0 Å². The molecule has 3 aliphatic rings. The molecule has 0 amide bonds. The number of benzene rings is 6. The van der Waals surface area contributed by atoms with E-state index in [1.54, 1.807) is 0 Å². The van der Waals surface area contributed by atoms with Crippen molar-refractivity contribution in [2.75, 3.05) is 9.80 Å². The Labute approximate surface area is 340 Å². The van der Waals surface area contributed by atoms with E-state index in [2.05, 4.69) is 214 Å². The van der Waals surface area contributed by atoms with Gasteiger partial charge in [0.25, 0.3) is 0 Å². The third-order valence-corrected chi connectivity index (χ3v) is 12.2. The van der Waals surface area contributed by atoms with Gasteiger partial charge in [0.1, 0.15) is 11.5 Å². The van der Waals surface area contributed by atoms with Crippen LogP contribution in [0.4, 0.5) is 22.7 Å². The molecule has 0 aromatic heterocycles. The largest absolute Gasteiger partial charge is 0.455 e. The third kappa shape index (κ3) is 5.69. The lowest BCUT2D eigenvalue weighted by Crippen LogP contribution is -2.55. The maximum atomic E-state index is 7.22. The first kappa shape index (κ1) is 37.1. The van der Waals surface area contributed by atoms with Crippen molar-refractivity contribution in [3.63, 3.8) is 0 Å². The molecule has 57 heavy (non-hydrogen) atoms. The summed E-state index contributed by atoms with van der Waals surface area (Å²) in [7, 11) is 0. The molecule has 0 saturated heterocycles. The topological polar surface area (TPSA) is 24.9 Å². The zero-order valence-electron chi connectivity index (χ0n) is 35.8. The molecule has 0 aliphatic carbocycles. The van der Waals surface area contributed by atoms with E-state index >= 15 is 0 Å². The van der Waals surface area contributed by atoms with Crippen molar-refractivity contribution in [3.8, 4) is 34.1 Å². The Morgan fingerprint density at radius 3 is 1.05 bits per heavy atom. The minimum atomic E-state index is -1.06. The minimum Gasteiger partial charge on any atom is -0.455 e. The standard InChI is InChI=1S/C53H56N2O2/c1-49(2,3)33-21-25-41-37(29-33)38-30-34(50(4,5)6)22-26-42(38)55-44-18-14-16-20-48(44)57-46-28-24-36(52(10,11)12)32-40(46)53(55)39-31-35(51(7,8)9)23-27-45(39)56-47-19-15-13-17-43(47)54(41)53/h13-32H,1-12H3. The molecule has 0 radical (unpaired) electrons. The van der Waals surface area contributed by atoms with Gasteiger partial charge in [-0.3, -0.25) is 0 Å². The van der Waals surface area contributed by atoms with Crippen LogP contribution < -0.4 is 19.3 Å². The Balaban J connectivity index is 1.60. The summed E-state index contributed by atoms with van der Waals surface area (Å²) in [5, 5.41) is 0. The van der Waals surface area contributed by atoms with Crippen LogP contribution in [0.2, 0.25) is 0 Å². The number of hydrogen-bond acceptors (Lipinski definition) is 4. The van der Waals surface area contributed by atoms with E-state index in [9.17, 15) is 0 Å². The van der Waals surface area contributed by atoms with Crippen molar-refractivity contribution in [1.29, 1.82) is 0 Å². The second kappa shape index (κ2) is 12.3. The first-order valence-corrected chi connectivity index (χ1v) is 20.5. The van der Waals surface area contributed by atoms with Gasteiger partial charge in [-0.1, -0.05) is 132 Å². The molecule has 9 rings (SSSR count). The summed E-state index contributed by atoms with van der Waals surface area (Å²) in [6.07, 6.45) is 0. The molecule has 6 aromatic rings. The van der Waals surface area contributed by atoms with E-state index < -0.39 is 5.66 Å². The molecule has 0 fully saturated rings. The second-order valence-electron chi connectivity index (χ2n) is 20.4. The summed E-state index contributed by atoms with van der Waals surface area (Å²) in [5.41, 5.74) is 12.2. The van der Waals surface area contributed by atoms with Gasteiger partial charge in [0.2, 0.25) is 0 Å². The molecular formula is C53H56N2O2. The van der Waals surface area contributed by atoms with Gasteiger partial charge >= 0.3 is 0 Å². The molecule has 4 heteroatoms. The van der Waals surface area contributed by atoms with Crippen LogP contribution in [0.5, 0.6) is 23.0 Å². The van der Waals surface area contributed by atoms with Crippen LogP contribution >= 0.6 is 0 Å². The molecular weight excluding hydrogens is 697 g/mol. The van der Waals surface area contributed by atoms with E-state index in [4.69, 9.17) is 9.47 Å². The summed E-state index contributed by atoms with van der Waals surface area (Å²) < 4.78 is 14.4. The normalized spacial score (nSPS) is 15.4. The van der Waals surface area contributed by atoms with E-state index in [-0.39, 0.29) is 21.7 Å². The minimum absolute atomic E-state index is 0.0754. The molecule has 0 bridgehead atoms. The maximum absolute atomic E-state index is 7.22. The monoisotopic (exact) mass is 752 g/mol. The fourth-order valence-corrected chi connectivity index (χ4v) is 8.92. The van der Waals surface area contributed by atoms with E-state index in [0.717, 1.165) is 56.9 Å². The molecule has 290 valence electrons. The summed E-state index contributed by atoms with van der Waals surface area (Å²) >= 11 is 0. The molecule has 0 unspecified atom stereocenters. The lowest BCUT2D eigenvalue weighted by atomic mass is 9.78. The van der Waals surface area contributed by atoms with Crippen molar-refractivity contribution in [3.05, 3.63) is 155 Å². The molecule has 0 saturated carbocycles. The zero-order valence-corrected chi connectivity index (χ0v) is 35.8. The molecule has 6 aromatic carbocycles. The van der Waals surface area contributed by atoms with Crippen LogP contribution in [0, 0.1) is 0 Å². The van der Waals surface area contributed by atoms with Crippen molar-refractivity contribution >= 4 is 22.7 Å². The third-order valence-electron chi connectivity index (χ3n) is 12.2. The summed E-state index contributed by atoms with van der Waals surface area (Å²) in [6.45, 7) is 27.6. The molecule has 0 N–H and O–H groups in total. The van der Waals surface area contributed by atoms with Crippen LogP contribution in [0.1, 0.15) is 116 Å². The average molecular weight is 753 g/mol. The van der Waals surface area contributed by atoms with Gasteiger partial charge in [-0.05, 0) is 117 Å². The second-order valence-corrected chi connectivity index (χ2v) is 20.4. The Hall–Kier alpha value is -5.48. The van der Waals surface area contributed by atoms with E-state index in [1.165, 1.54) is 33.4 Å². The highest BCUT2D eigenvalue weighted by Gasteiger charge is 2.57. The van der Waals surface area contributed by atoms with Crippen LogP contribution in [-0.4, -0.2) is 0 Å². The lowest BCUT2D eigenvalue weighted by Gasteiger charge is -2.51. The highest BCUT2D eigenvalue weighted by atomic mass is 16.5. The van der Waals surface area contributed by atoms with Crippen molar-refractivity contribution in [2.24, 2.45) is 0 Å². The number of ether oxygens (including phenoxy) is 2. The molecule has 4 nitrogen and oxygen atoms in total. The Morgan fingerprint density at radius 2 is 0.684 bits per heavy atom. The number of hydrogen-bond donors (Lipinski definition) is 0. The number of anilines is 4. The van der Waals surface area contributed by atoms with Gasteiger partial charge in [0.15, 0.2) is 17.2 Å². The zero-order chi connectivity index (χ0) is 40.4. The quantitative estimate of drug-likeness (QED) is 0.154. The predicted octanol–water partition coefficient (Wildman–Crippen LogP) is 14.9. The Morgan fingerprint density at radius 1 is 0.351 bits per heavy atom. The number of rotatable bonds is 0. The first-order valence-electron chi connectivity index (χ1n) is 20.5. The van der Waals surface area contributed by atoms with Crippen molar-refractivity contribution in [2.45, 2.75) is 110 Å². The molecule has 0 atom stereocenters. The van der Waals surface area contributed by atoms with Crippen molar-refractivity contribution < 1.29 is 9.47 Å². The lowest BCUT2D eigenvalue weighted by molar-refractivity contribution is 0.459. The fraction of sp³-hybridized carbons (Fsp3) is 0.321. The average Bonchev–Trinajstić information content (AvgIpc) is 3.40. The molecule has 3 heterocycles. The highest BCUT2D eigenvalue weighted by molar-refractivity contribution is 6.00. The van der Waals surface area contributed by atoms with Gasteiger partial charge in [-0.2, -0.15) is 0 Å². The predicted molar refractivity (Wildman–Crippen MR) is 238 cm³/mol. The van der Waals surface area contributed by atoms with Gasteiger partial charge in [0, 0.05) is 22.3 Å². The van der Waals surface area contributed by atoms with Gasteiger partial charge in [0.05, 0.1) is 22.7 Å². The summed E-state index contributed by atoms with van der Waals surface area (Å²) in [4.78, 5) is 5.19. The summed E-state index contributed by atoms with van der Waals surface area (Å²) in [5.74, 6) is 3.24. The van der Waals surface area contributed by atoms with Crippen LogP contribution in [0.3, 0.4) is 0 Å². The van der Waals surface area contributed by atoms with E-state index in [0.29, 0.717) is 0 Å². The first-order chi connectivity index (χ1) is 26.8. The molecule has 1 spiro atoms. The van der Waals surface area contributed by atoms with Crippen LogP contribution in [0.25, 0.3) is 11.1 Å². The van der Waals surface area contributed by atoms with E-state index in [1.807, 2.05) is 0 Å². The summed E-state index contributed by atoms with van der Waals surface area (Å²) in [6, 6.07) is 45.2. The smallest absolute Gasteiger partial charge is 0.182 e. The van der Waals surface area contributed by atoms with Crippen molar-refractivity contribution in [1.82, 2.24) is 0 Å². The van der Waals surface area contributed by atoms with Gasteiger partial charge < -0.3 is 19.3 Å². The Kier molecular flexibility index (Phi) is 7.98.